The van der Waals surface area contributed by atoms with Crippen molar-refractivity contribution in [2.75, 3.05) is 0 Å². The van der Waals surface area contributed by atoms with Crippen LogP contribution in [0.2, 0.25) is 13.1 Å². The van der Waals surface area contributed by atoms with Crippen LogP contribution in [-0.4, -0.2) is 14.8 Å². The molecule has 0 saturated heterocycles. The van der Waals surface area contributed by atoms with Crippen molar-refractivity contribution in [3.63, 3.8) is 0 Å². The summed E-state index contributed by atoms with van der Waals surface area (Å²) < 4.78 is 5.12. The van der Waals surface area contributed by atoms with Crippen molar-refractivity contribution in [1.82, 2.24) is 0 Å². The molecule has 0 radical (unpaired) electrons. The molecule has 0 saturated carbocycles. The fourth-order valence-electron chi connectivity index (χ4n) is 0.260. The Bertz CT molecular complexity index is 101. The molecular formula is C6H15NOSi. The molecular weight excluding hydrogens is 130 g/mol. The summed E-state index contributed by atoms with van der Waals surface area (Å²) in [5.41, 5.74) is 1.08. The minimum atomic E-state index is -0.928. The van der Waals surface area contributed by atoms with E-state index in [-0.39, 0.29) is 0 Å². The molecule has 0 heterocycles. The molecule has 2 nitrogen and oxygen atoms in total. The lowest BCUT2D eigenvalue weighted by molar-refractivity contribution is 0.350. The van der Waals surface area contributed by atoms with E-state index in [4.69, 9.17) is 4.53 Å². The van der Waals surface area contributed by atoms with Gasteiger partial charge in [-0.3, -0.25) is 0 Å². The van der Waals surface area contributed by atoms with Crippen LogP contribution >= 0.6 is 0 Å². The van der Waals surface area contributed by atoms with Gasteiger partial charge in [0.15, 0.2) is 0 Å². The van der Waals surface area contributed by atoms with Crippen LogP contribution in [0.25, 0.3) is 0 Å². The van der Waals surface area contributed by atoms with E-state index in [1.807, 2.05) is 6.92 Å². The van der Waals surface area contributed by atoms with Crippen molar-refractivity contribution in [2.24, 2.45) is 5.16 Å². The first-order chi connectivity index (χ1) is 4.16. The first-order valence-corrected chi connectivity index (χ1v) is 6.14. The molecule has 54 valence electrons. The minimum absolute atomic E-state index is 0.928. The molecule has 0 aliphatic rings. The topological polar surface area (TPSA) is 21.6 Å². The van der Waals surface area contributed by atoms with Crippen LogP contribution in [0.1, 0.15) is 20.3 Å². The standard InChI is InChI=1S/C6H15NOSi/c1-5-6(2)7-8-9(3)4/h9H,5H2,1-4H3/b7-6-. The Labute approximate surface area is 58.6 Å². The molecule has 0 atom stereocenters. The zero-order valence-electron chi connectivity index (χ0n) is 6.64. The van der Waals surface area contributed by atoms with Crippen LogP contribution in [0.5, 0.6) is 0 Å². The normalized spacial score (nSPS) is 12.3. The van der Waals surface area contributed by atoms with Crippen molar-refractivity contribution in [2.45, 2.75) is 33.4 Å². The van der Waals surface area contributed by atoms with Crippen LogP contribution in [0, 0.1) is 0 Å². The summed E-state index contributed by atoms with van der Waals surface area (Å²) in [6, 6.07) is 0. The molecule has 0 unspecified atom stereocenters. The third-order valence-corrected chi connectivity index (χ3v) is 1.46. The fraction of sp³-hybridized carbons (Fsp3) is 0.833. The van der Waals surface area contributed by atoms with Crippen molar-refractivity contribution < 1.29 is 4.53 Å². The van der Waals surface area contributed by atoms with Crippen LogP contribution < -0.4 is 0 Å². The molecule has 0 aromatic heterocycles. The van der Waals surface area contributed by atoms with Gasteiger partial charge in [0, 0.05) is 0 Å². The predicted molar refractivity (Wildman–Crippen MR) is 43.4 cm³/mol. The van der Waals surface area contributed by atoms with E-state index < -0.39 is 9.04 Å². The number of oxime groups is 1. The summed E-state index contributed by atoms with van der Waals surface area (Å²) in [6.07, 6.45) is 0.987. The van der Waals surface area contributed by atoms with E-state index in [0.29, 0.717) is 0 Å². The summed E-state index contributed by atoms with van der Waals surface area (Å²) in [5, 5.41) is 3.92. The molecule has 0 N–H and O–H groups in total. The second-order valence-corrected chi connectivity index (χ2v) is 4.64. The molecule has 0 bridgehead atoms. The van der Waals surface area contributed by atoms with Crippen molar-refractivity contribution >= 4 is 14.8 Å². The van der Waals surface area contributed by atoms with Crippen LogP contribution in [-0.2, 0) is 4.53 Å². The average Bonchev–Trinajstić information content (AvgIpc) is 1.83. The van der Waals surface area contributed by atoms with E-state index >= 15 is 0 Å². The van der Waals surface area contributed by atoms with Gasteiger partial charge in [-0.2, -0.15) is 0 Å². The van der Waals surface area contributed by atoms with Gasteiger partial charge in [0.1, 0.15) is 0 Å². The van der Waals surface area contributed by atoms with Crippen molar-refractivity contribution in [3.05, 3.63) is 0 Å². The lowest BCUT2D eigenvalue weighted by Gasteiger charge is -2.01. The van der Waals surface area contributed by atoms with Gasteiger partial charge >= 0.3 is 0 Å². The monoisotopic (exact) mass is 145 g/mol. The summed E-state index contributed by atoms with van der Waals surface area (Å²) in [5.74, 6) is 0. The Morgan fingerprint density at radius 2 is 2.11 bits per heavy atom. The maximum absolute atomic E-state index is 5.12. The van der Waals surface area contributed by atoms with Gasteiger partial charge in [-0.05, 0) is 26.4 Å². The summed E-state index contributed by atoms with van der Waals surface area (Å²) in [4.78, 5) is 0. The fourth-order valence-corrected chi connectivity index (χ4v) is 0.651. The number of rotatable bonds is 3. The lowest BCUT2D eigenvalue weighted by atomic mass is 10.3. The highest BCUT2D eigenvalue weighted by Gasteiger charge is 1.92. The van der Waals surface area contributed by atoms with E-state index in [1.165, 1.54) is 0 Å². The summed E-state index contributed by atoms with van der Waals surface area (Å²) >= 11 is 0. The number of hydrogen-bond acceptors (Lipinski definition) is 2. The average molecular weight is 145 g/mol. The minimum Gasteiger partial charge on any atom is -0.459 e. The van der Waals surface area contributed by atoms with Crippen LogP contribution in [0.3, 0.4) is 0 Å². The summed E-state index contributed by atoms with van der Waals surface area (Å²) in [6.45, 7) is 8.26. The van der Waals surface area contributed by atoms with E-state index in [9.17, 15) is 0 Å². The second kappa shape index (κ2) is 4.55. The molecule has 0 amide bonds. The van der Waals surface area contributed by atoms with Crippen molar-refractivity contribution in [3.8, 4) is 0 Å². The highest BCUT2D eigenvalue weighted by molar-refractivity contribution is 6.48. The molecule has 3 heteroatoms. The van der Waals surface area contributed by atoms with E-state index in [2.05, 4.69) is 25.2 Å². The smallest absolute Gasteiger partial charge is 0.266 e. The van der Waals surface area contributed by atoms with E-state index in [1.54, 1.807) is 0 Å². The Hall–Kier alpha value is -0.313. The quantitative estimate of drug-likeness (QED) is 0.337. The first kappa shape index (κ1) is 8.69. The molecule has 0 spiro atoms. The zero-order chi connectivity index (χ0) is 7.28. The molecule has 0 aliphatic heterocycles. The Morgan fingerprint density at radius 3 is 2.44 bits per heavy atom. The lowest BCUT2D eigenvalue weighted by Crippen LogP contribution is -2.03. The van der Waals surface area contributed by atoms with E-state index in [0.717, 1.165) is 12.1 Å². The molecule has 0 rings (SSSR count). The van der Waals surface area contributed by atoms with Gasteiger partial charge in [-0.15, -0.1) is 5.16 Å². The SMILES string of the molecule is CC/C(C)=N\O[SiH](C)C. The third-order valence-electron chi connectivity index (χ3n) is 0.931. The molecule has 0 aromatic carbocycles. The Kier molecular flexibility index (Phi) is 4.40. The largest absolute Gasteiger partial charge is 0.459 e. The number of hydrogen-bond donors (Lipinski definition) is 0. The van der Waals surface area contributed by atoms with Gasteiger partial charge in [0.05, 0.1) is 5.71 Å². The van der Waals surface area contributed by atoms with Gasteiger partial charge in [0.2, 0.25) is 0 Å². The van der Waals surface area contributed by atoms with Gasteiger partial charge < -0.3 is 4.53 Å². The third kappa shape index (κ3) is 5.56. The molecule has 0 fully saturated rings. The highest BCUT2D eigenvalue weighted by atomic mass is 28.3. The van der Waals surface area contributed by atoms with Gasteiger partial charge in [0.25, 0.3) is 9.04 Å². The van der Waals surface area contributed by atoms with Gasteiger partial charge in [-0.1, -0.05) is 6.92 Å². The molecule has 0 aromatic rings. The summed E-state index contributed by atoms with van der Waals surface area (Å²) in [7, 11) is -0.928. The maximum atomic E-state index is 5.12. The van der Waals surface area contributed by atoms with Crippen molar-refractivity contribution in [1.29, 1.82) is 0 Å². The highest BCUT2D eigenvalue weighted by Crippen LogP contribution is 1.88. The van der Waals surface area contributed by atoms with Crippen LogP contribution in [0.4, 0.5) is 0 Å². The zero-order valence-corrected chi connectivity index (χ0v) is 7.79. The Balaban J connectivity index is 3.43. The number of nitrogens with zero attached hydrogens (tertiary/aromatic N) is 1. The molecule has 9 heavy (non-hydrogen) atoms. The maximum Gasteiger partial charge on any atom is 0.266 e. The first-order valence-electron chi connectivity index (χ1n) is 3.36. The Morgan fingerprint density at radius 1 is 1.56 bits per heavy atom. The predicted octanol–water partition coefficient (Wildman–Crippen LogP) is 1.77. The second-order valence-electron chi connectivity index (χ2n) is 2.33. The van der Waals surface area contributed by atoms with Crippen LogP contribution in [0.15, 0.2) is 5.16 Å². The van der Waals surface area contributed by atoms with Gasteiger partial charge in [-0.25, -0.2) is 0 Å². The molecule has 0 aliphatic carbocycles.